The topological polar surface area (TPSA) is 83.0 Å². The molecule has 0 radical (unpaired) electrons. The number of carbonyl (C=O) groups is 2. The second-order valence-corrected chi connectivity index (χ2v) is 7.72. The largest absolute Gasteiger partial charge is 0.505 e. The first-order valence-corrected chi connectivity index (χ1v) is 10.1. The average molecular weight is 421 g/mol. The predicted octanol–water partition coefficient (Wildman–Crippen LogP) is 2.71. The van der Waals surface area contributed by atoms with Crippen LogP contribution in [0.15, 0.2) is 42.5 Å². The Morgan fingerprint density at radius 2 is 1.87 bits per heavy atom. The summed E-state index contributed by atoms with van der Waals surface area (Å²) in [6.07, 6.45) is 0. The van der Waals surface area contributed by atoms with Gasteiger partial charge >= 0.3 is 0 Å². The van der Waals surface area contributed by atoms with Crippen molar-refractivity contribution >= 4 is 22.7 Å². The summed E-state index contributed by atoms with van der Waals surface area (Å²) in [6.45, 7) is 2.59. The third-order valence-electron chi connectivity index (χ3n) is 5.70. The van der Waals surface area contributed by atoms with E-state index in [1.165, 1.54) is 12.1 Å². The third kappa shape index (κ3) is 3.48. The average Bonchev–Trinajstić information content (AvgIpc) is 3.10. The molecule has 2 aliphatic heterocycles. The molecular weight excluding hydrogens is 401 g/mol. The van der Waals surface area contributed by atoms with Crippen LogP contribution in [-0.2, 0) is 17.8 Å². The molecule has 1 fully saturated rings. The zero-order valence-corrected chi connectivity index (χ0v) is 16.7. The Morgan fingerprint density at radius 3 is 2.61 bits per heavy atom. The van der Waals surface area contributed by atoms with Crippen molar-refractivity contribution in [1.82, 2.24) is 14.8 Å². The van der Waals surface area contributed by atoms with Gasteiger partial charge in [0.1, 0.15) is 17.0 Å². The van der Waals surface area contributed by atoms with Gasteiger partial charge in [-0.15, -0.1) is 0 Å². The number of fused-ring (bicyclic) bond motifs is 2. The standard InChI is InChI=1S/C23H20FN3O4/c24-17-4-1-14(2-5-17)12-27-13-16-11-15-3-6-18(22(29)26-7-9-31-10-8-26)25-20(15)21(28)19(16)23(27)30/h1-6,11,28H,7-10,12-13H2. The maximum absolute atomic E-state index is 13.2. The van der Waals surface area contributed by atoms with Gasteiger partial charge in [-0.3, -0.25) is 9.59 Å². The van der Waals surface area contributed by atoms with E-state index in [0.717, 1.165) is 5.56 Å². The second-order valence-electron chi connectivity index (χ2n) is 7.72. The van der Waals surface area contributed by atoms with Crippen molar-refractivity contribution in [1.29, 1.82) is 0 Å². The highest BCUT2D eigenvalue weighted by molar-refractivity contribution is 6.07. The van der Waals surface area contributed by atoms with Gasteiger partial charge in [-0.2, -0.15) is 0 Å². The van der Waals surface area contributed by atoms with Crippen molar-refractivity contribution < 1.29 is 23.8 Å². The van der Waals surface area contributed by atoms with Crippen LogP contribution in [0.4, 0.5) is 4.39 Å². The number of carbonyl (C=O) groups excluding carboxylic acids is 2. The van der Waals surface area contributed by atoms with Crippen LogP contribution in [-0.4, -0.2) is 58.0 Å². The molecule has 0 atom stereocenters. The monoisotopic (exact) mass is 421 g/mol. The number of hydrogen-bond acceptors (Lipinski definition) is 5. The molecule has 0 unspecified atom stereocenters. The summed E-state index contributed by atoms with van der Waals surface area (Å²) in [5.41, 5.74) is 2.15. The van der Waals surface area contributed by atoms with E-state index >= 15 is 0 Å². The van der Waals surface area contributed by atoms with Crippen molar-refractivity contribution in [2.45, 2.75) is 13.1 Å². The molecule has 1 aromatic heterocycles. The Morgan fingerprint density at radius 1 is 1.13 bits per heavy atom. The predicted molar refractivity (Wildman–Crippen MR) is 110 cm³/mol. The van der Waals surface area contributed by atoms with E-state index in [9.17, 15) is 19.1 Å². The van der Waals surface area contributed by atoms with Crippen LogP contribution in [0, 0.1) is 5.82 Å². The molecule has 0 aliphatic carbocycles. The number of nitrogens with zero attached hydrogens (tertiary/aromatic N) is 3. The van der Waals surface area contributed by atoms with E-state index in [2.05, 4.69) is 4.98 Å². The van der Waals surface area contributed by atoms with Gasteiger partial charge in [0.25, 0.3) is 11.8 Å². The fraction of sp³-hybridized carbons (Fsp3) is 0.261. The van der Waals surface area contributed by atoms with Gasteiger partial charge < -0.3 is 19.6 Å². The molecule has 5 rings (SSSR count). The molecule has 0 saturated carbocycles. The van der Waals surface area contributed by atoms with Crippen molar-refractivity contribution in [3.8, 4) is 5.75 Å². The van der Waals surface area contributed by atoms with Crippen LogP contribution in [0.25, 0.3) is 10.9 Å². The molecule has 8 heteroatoms. The molecular formula is C23H20FN3O4. The molecule has 0 bridgehead atoms. The summed E-state index contributed by atoms with van der Waals surface area (Å²) >= 11 is 0. The maximum atomic E-state index is 13.2. The summed E-state index contributed by atoms with van der Waals surface area (Å²) in [4.78, 5) is 33.4. The summed E-state index contributed by atoms with van der Waals surface area (Å²) in [7, 11) is 0. The number of amides is 2. The number of hydrogen-bond donors (Lipinski definition) is 1. The molecule has 0 spiro atoms. The molecule has 158 valence electrons. The van der Waals surface area contributed by atoms with Crippen molar-refractivity contribution in [3.63, 3.8) is 0 Å². The van der Waals surface area contributed by atoms with Crippen LogP contribution in [0.5, 0.6) is 5.75 Å². The van der Waals surface area contributed by atoms with E-state index in [1.54, 1.807) is 34.1 Å². The van der Waals surface area contributed by atoms with Crippen molar-refractivity contribution in [3.05, 3.63) is 70.7 Å². The molecule has 1 saturated heterocycles. The Hall–Kier alpha value is -3.52. The number of phenols is 1. The maximum Gasteiger partial charge on any atom is 0.272 e. The second kappa shape index (κ2) is 7.63. The first-order valence-electron chi connectivity index (χ1n) is 10.1. The van der Waals surface area contributed by atoms with Crippen LogP contribution in [0.3, 0.4) is 0 Å². The fourth-order valence-electron chi connectivity index (χ4n) is 4.09. The Balaban J connectivity index is 1.46. The van der Waals surface area contributed by atoms with Gasteiger partial charge in [0.05, 0.1) is 18.8 Å². The van der Waals surface area contributed by atoms with E-state index in [-0.39, 0.29) is 40.2 Å². The lowest BCUT2D eigenvalue weighted by Gasteiger charge is -2.26. The number of halogens is 1. The number of phenolic OH excluding ortho intramolecular Hbond substituents is 1. The Kier molecular flexibility index (Phi) is 4.78. The lowest BCUT2D eigenvalue weighted by atomic mass is 10.0. The smallest absolute Gasteiger partial charge is 0.272 e. The van der Waals surface area contributed by atoms with Gasteiger partial charge in [0, 0.05) is 31.6 Å². The van der Waals surface area contributed by atoms with Crippen molar-refractivity contribution in [2.75, 3.05) is 26.3 Å². The molecule has 2 aromatic carbocycles. The van der Waals surface area contributed by atoms with Crippen LogP contribution in [0.1, 0.15) is 32.0 Å². The Labute approximate surface area is 177 Å². The summed E-state index contributed by atoms with van der Waals surface area (Å²) in [6, 6.07) is 11.2. The summed E-state index contributed by atoms with van der Waals surface area (Å²) in [5, 5.41) is 11.5. The van der Waals surface area contributed by atoms with Crippen LogP contribution >= 0.6 is 0 Å². The van der Waals surface area contributed by atoms with E-state index in [4.69, 9.17) is 4.74 Å². The van der Waals surface area contributed by atoms with Gasteiger partial charge in [-0.25, -0.2) is 9.37 Å². The number of ether oxygens (including phenoxy) is 1. The van der Waals surface area contributed by atoms with E-state index in [0.29, 0.717) is 50.3 Å². The zero-order chi connectivity index (χ0) is 21.5. The first-order chi connectivity index (χ1) is 15.0. The molecule has 7 nitrogen and oxygen atoms in total. The molecule has 2 amide bonds. The van der Waals surface area contributed by atoms with Gasteiger partial charge in [0.15, 0.2) is 5.75 Å². The van der Waals surface area contributed by atoms with Gasteiger partial charge in [-0.1, -0.05) is 18.2 Å². The lowest BCUT2D eigenvalue weighted by molar-refractivity contribution is 0.0299. The molecule has 3 heterocycles. The zero-order valence-electron chi connectivity index (χ0n) is 16.7. The Bertz CT molecular complexity index is 1190. The minimum atomic E-state index is -0.336. The number of aromatic nitrogens is 1. The molecule has 1 N–H and O–H groups in total. The summed E-state index contributed by atoms with van der Waals surface area (Å²) in [5.74, 6) is -1.09. The number of pyridine rings is 1. The number of benzene rings is 2. The first kappa shape index (κ1) is 19.4. The summed E-state index contributed by atoms with van der Waals surface area (Å²) < 4.78 is 18.4. The van der Waals surface area contributed by atoms with Crippen LogP contribution < -0.4 is 0 Å². The quantitative estimate of drug-likeness (QED) is 0.703. The highest BCUT2D eigenvalue weighted by Crippen LogP contribution is 2.37. The SMILES string of the molecule is O=C(c1ccc2cc3c(c(O)c2n1)C(=O)N(Cc1ccc(F)cc1)C3)N1CCOCC1. The van der Waals surface area contributed by atoms with Gasteiger partial charge in [0.2, 0.25) is 0 Å². The number of morpholine rings is 1. The third-order valence-corrected chi connectivity index (χ3v) is 5.70. The molecule has 3 aromatic rings. The number of aromatic hydroxyl groups is 1. The minimum Gasteiger partial charge on any atom is -0.505 e. The van der Waals surface area contributed by atoms with E-state index in [1.807, 2.05) is 6.07 Å². The minimum absolute atomic E-state index is 0.207. The highest BCUT2D eigenvalue weighted by Gasteiger charge is 2.32. The fourth-order valence-corrected chi connectivity index (χ4v) is 4.09. The van der Waals surface area contributed by atoms with Crippen molar-refractivity contribution in [2.24, 2.45) is 0 Å². The van der Waals surface area contributed by atoms with Crippen LogP contribution in [0.2, 0.25) is 0 Å². The van der Waals surface area contributed by atoms with Gasteiger partial charge in [-0.05, 0) is 35.4 Å². The van der Waals surface area contributed by atoms with E-state index < -0.39 is 0 Å². The molecule has 2 aliphatic rings. The highest BCUT2D eigenvalue weighted by atomic mass is 19.1. The number of rotatable bonds is 3. The molecule has 31 heavy (non-hydrogen) atoms. The lowest BCUT2D eigenvalue weighted by Crippen LogP contribution is -2.41. The normalized spacial score (nSPS) is 16.1.